The van der Waals surface area contributed by atoms with E-state index in [1.54, 1.807) is 18.2 Å². The molecule has 0 aromatic heterocycles. The molecule has 92 valence electrons. The first-order valence-electron chi connectivity index (χ1n) is 5.37. The first kappa shape index (κ1) is 11.9. The zero-order valence-electron chi connectivity index (χ0n) is 9.46. The van der Waals surface area contributed by atoms with Crippen molar-refractivity contribution in [2.75, 3.05) is 6.54 Å². The lowest BCUT2D eigenvalue weighted by atomic mass is 10.1. The van der Waals surface area contributed by atoms with Gasteiger partial charge in [-0.25, -0.2) is 4.79 Å². The minimum Gasteiger partial charge on any atom is -0.465 e. The zero-order valence-corrected chi connectivity index (χ0v) is 9.46. The molecule has 1 fully saturated rings. The van der Waals surface area contributed by atoms with Crippen LogP contribution in [0.1, 0.15) is 11.1 Å². The van der Waals surface area contributed by atoms with Gasteiger partial charge < -0.3 is 15.3 Å². The third-order valence-electron chi connectivity index (χ3n) is 2.74. The van der Waals surface area contributed by atoms with E-state index in [1.165, 1.54) is 4.90 Å². The largest absolute Gasteiger partial charge is 0.465 e. The maximum Gasteiger partial charge on any atom is 0.405 e. The lowest BCUT2D eigenvalue weighted by Crippen LogP contribution is -2.63. The van der Waals surface area contributed by atoms with Crippen molar-refractivity contribution in [1.82, 2.24) is 10.2 Å². The molecule has 0 aliphatic carbocycles. The Kier molecular flexibility index (Phi) is 3.15. The van der Waals surface area contributed by atoms with Crippen molar-refractivity contribution in [3.63, 3.8) is 0 Å². The molecule has 1 saturated heterocycles. The van der Waals surface area contributed by atoms with Gasteiger partial charge in [-0.05, 0) is 17.7 Å². The highest BCUT2D eigenvalue weighted by atomic mass is 16.4. The van der Waals surface area contributed by atoms with Crippen molar-refractivity contribution in [2.24, 2.45) is 0 Å². The summed E-state index contributed by atoms with van der Waals surface area (Å²) in [7, 11) is 0. The fraction of sp³-hybridized carbons (Fsp3) is 0.250. The van der Waals surface area contributed by atoms with Crippen molar-refractivity contribution in [3.8, 4) is 6.07 Å². The predicted molar refractivity (Wildman–Crippen MR) is 61.5 cm³/mol. The topological polar surface area (TPSA) is 93.4 Å². The Bertz CT molecular complexity index is 536. The van der Waals surface area contributed by atoms with Crippen LogP contribution in [0.3, 0.4) is 0 Å². The van der Waals surface area contributed by atoms with Crippen molar-refractivity contribution in [2.45, 2.75) is 12.6 Å². The summed E-state index contributed by atoms with van der Waals surface area (Å²) in [6, 6.07) is 8.38. The van der Waals surface area contributed by atoms with Gasteiger partial charge >= 0.3 is 6.09 Å². The molecule has 2 N–H and O–H groups in total. The molecule has 1 aromatic carbocycles. The Labute approximate surface area is 103 Å². The lowest BCUT2D eigenvalue weighted by Gasteiger charge is -2.38. The Morgan fingerprint density at radius 2 is 2.39 bits per heavy atom. The van der Waals surface area contributed by atoms with Gasteiger partial charge in [0.2, 0.25) is 5.91 Å². The van der Waals surface area contributed by atoms with E-state index >= 15 is 0 Å². The number of nitrogens with zero attached hydrogens (tertiary/aromatic N) is 2. The summed E-state index contributed by atoms with van der Waals surface area (Å²) >= 11 is 0. The fourth-order valence-electron chi connectivity index (χ4n) is 1.85. The third-order valence-corrected chi connectivity index (χ3v) is 2.74. The number of hydrogen-bond donors (Lipinski definition) is 2. The number of benzene rings is 1. The molecule has 1 aromatic rings. The van der Waals surface area contributed by atoms with E-state index < -0.39 is 12.1 Å². The van der Waals surface area contributed by atoms with Gasteiger partial charge in [0.1, 0.15) is 6.04 Å². The minimum absolute atomic E-state index is 0.236. The number of rotatable bonds is 3. The number of β-lactam (4-membered cyclic amide) rings is 1. The standard InChI is InChI=1S/C12H11N3O3/c13-5-8-2-1-3-9(4-8)6-15-7-10(11(15)16)14-12(17)18/h1-4,10,14H,6-7H2,(H,17,18)/t10-/m0/s1. The average molecular weight is 245 g/mol. The molecule has 1 aliphatic heterocycles. The van der Waals surface area contributed by atoms with Crippen LogP contribution in [0.2, 0.25) is 0 Å². The summed E-state index contributed by atoms with van der Waals surface area (Å²) in [4.78, 5) is 23.5. The molecule has 1 heterocycles. The molecule has 1 atom stereocenters. The van der Waals surface area contributed by atoms with Crippen LogP contribution in [-0.4, -0.2) is 34.6 Å². The van der Waals surface area contributed by atoms with E-state index in [9.17, 15) is 9.59 Å². The number of nitrogens with one attached hydrogen (secondary N) is 1. The molecular formula is C12H11N3O3. The number of amides is 2. The maximum absolute atomic E-state index is 11.6. The highest BCUT2D eigenvalue weighted by Crippen LogP contribution is 2.15. The van der Waals surface area contributed by atoms with Crippen LogP contribution in [0.4, 0.5) is 4.79 Å². The quantitative estimate of drug-likeness (QED) is 0.760. The summed E-state index contributed by atoms with van der Waals surface area (Å²) in [6.45, 7) is 0.758. The summed E-state index contributed by atoms with van der Waals surface area (Å²) < 4.78 is 0. The summed E-state index contributed by atoms with van der Waals surface area (Å²) in [5.41, 5.74) is 1.40. The molecule has 18 heavy (non-hydrogen) atoms. The van der Waals surface area contributed by atoms with Gasteiger partial charge in [0.15, 0.2) is 0 Å². The monoisotopic (exact) mass is 245 g/mol. The average Bonchev–Trinajstić information content (AvgIpc) is 2.37. The molecule has 0 radical (unpaired) electrons. The van der Waals surface area contributed by atoms with Gasteiger partial charge in [-0.3, -0.25) is 4.79 Å². The maximum atomic E-state index is 11.6. The SMILES string of the molecule is N#Cc1cccc(CN2C[C@H](NC(=O)O)C2=O)c1. The van der Waals surface area contributed by atoms with E-state index in [2.05, 4.69) is 5.32 Å². The van der Waals surface area contributed by atoms with Gasteiger partial charge in [0.05, 0.1) is 18.2 Å². The van der Waals surface area contributed by atoms with E-state index in [-0.39, 0.29) is 5.91 Å². The molecule has 2 rings (SSSR count). The molecule has 2 amide bonds. The molecule has 0 saturated carbocycles. The summed E-state index contributed by atoms with van der Waals surface area (Å²) in [5, 5.41) is 19.4. The van der Waals surface area contributed by atoms with Crippen LogP contribution in [0.25, 0.3) is 0 Å². The lowest BCUT2D eigenvalue weighted by molar-refractivity contribution is -0.144. The highest BCUT2D eigenvalue weighted by Gasteiger charge is 2.37. The van der Waals surface area contributed by atoms with E-state index in [1.807, 2.05) is 12.1 Å². The van der Waals surface area contributed by atoms with Gasteiger partial charge in [-0.1, -0.05) is 12.1 Å². The van der Waals surface area contributed by atoms with Crippen molar-refractivity contribution >= 4 is 12.0 Å². The van der Waals surface area contributed by atoms with Gasteiger partial charge in [-0.15, -0.1) is 0 Å². The number of hydrogen-bond acceptors (Lipinski definition) is 3. The van der Waals surface area contributed by atoms with Crippen LogP contribution in [-0.2, 0) is 11.3 Å². The Balaban J connectivity index is 1.94. The van der Waals surface area contributed by atoms with E-state index in [0.717, 1.165) is 5.56 Å². The smallest absolute Gasteiger partial charge is 0.405 e. The third kappa shape index (κ3) is 2.40. The number of carboxylic acid groups (broad SMARTS) is 1. The molecule has 0 spiro atoms. The van der Waals surface area contributed by atoms with Crippen LogP contribution in [0, 0.1) is 11.3 Å². The first-order chi connectivity index (χ1) is 8.60. The second-order valence-electron chi connectivity index (χ2n) is 4.03. The van der Waals surface area contributed by atoms with Gasteiger partial charge in [0, 0.05) is 6.54 Å². The molecule has 0 bridgehead atoms. The van der Waals surface area contributed by atoms with Crippen LogP contribution in [0.5, 0.6) is 0 Å². The van der Waals surface area contributed by atoms with Crippen LogP contribution in [0.15, 0.2) is 24.3 Å². The normalized spacial score (nSPS) is 17.8. The molecule has 0 unspecified atom stereocenters. The van der Waals surface area contributed by atoms with Gasteiger partial charge in [0.25, 0.3) is 0 Å². The summed E-state index contributed by atoms with van der Waals surface area (Å²) in [5.74, 6) is -0.236. The van der Waals surface area contributed by atoms with E-state index in [4.69, 9.17) is 10.4 Å². The van der Waals surface area contributed by atoms with Crippen molar-refractivity contribution < 1.29 is 14.7 Å². The minimum atomic E-state index is -1.19. The van der Waals surface area contributed by atoms with Gasteiger partial charge in [-0.2, -0.15) is 5.26 Å². The number of nitriles is 1. The van der Waals surface area contributed by atoms with Crippen LogP contribution < -0.4 is 5.32 Å². The predicted octanol–water partition coefficient (Wildman–Crippen LogP) is 0.537. The van der Waals surface area contributed by atoms with Crippen molar-refractivity contribution in [1.29, 1.82) is 5.26 Å². The summed E-state index contributed by atoms with van der Waals surface area (Å²) in [6.07, 6.45) is -1.19. The second-order valence-corrected chi connectivity index (χ2v) is 4.03. The number of carbonyl (C=O) groups excluding carboxylic acids is 1. The number of likely N-dealkylation sites (tertiary alicyclic amines) is 1. The molecule has 6 heteroatoms. The van der Waals surface area contributed by atoms with Crippen LogP contribution >= 0.6 is 0 Å². The zero-order chi connectivity index (χ0) is 13.1. The Morgan fingerprint density at radius 3 is 3.00 bits per heavy atom. The fourth-order valence-corrected chi connectivity index (χ4v) is 1.85. The molecule has 1 aliphatic rings. The Morgan fingerprint density at radius 1 is 1.61 bits per heavy atom. The molecule has 6 nitrogen and oxygen atoms in total. The van der Waals surface area contributed by atoms with Crippen molar-refractivity contribution in [3.05, 3.63) is 35.4 Å². The molecular weight excluding hydrogens is 234 g/mol. The van der Waals surface area contributed by atoms with E-state index in [0.29, 0.717) is 18.7 Å². The first-order valence-corrected chi connectivity index (χ1v) is 5.37. The highest BCUT2D eigenvalue weighted by molar-refractivity contribution is 5.90. The Hall–Kier alpha value is -2.55. The number of carbonyl (C=O) groups is 2. The second kappa shape index (κ2) is 4.75.